The molecular formula is C8H21N. The summed E-state index contributed by atoms with van der Waals surface area (Å²) in [6.07, 6.45) is 2.46. The molecule has 0 aromatic carbocycles. The van der Waals surface area contributed by atoms with E-state index in [1.165, 1.54) is 12.8 Å². The Morgan fingerprint density at radius 1 is 1.11 bits per heavy atom. The van der Waals surface area contributed by atoms with Crippen molar-refractivity contribution in [3.8, 4) is 0 Å². The van der Waals surface area contributed by atoms with Crippen molar-refractivity contribution in [2.24, 2.45) is 11.7 Å². The Kier molecular flexibility index (Phi) is 14.1. The Morgan fingerprint density at radius 3 is 1.44 bits per heavy atom. The van der Waals surface area contributed by atoms with Gasteiger partial charge in [0.05, 0.1) is 0 Å². The summed E-state index contributed by atoms with van der Waals surface area (Å²) < 4.78 is 0. The topological polar surface area (TPSA) is 26.0 Å². The fourth-order valence-electron chi connectivity index (χ4n) is 0.622. The maximum atomic E-state index is 5.39. The van der Waals surface area contributed by atoms with Crippen LogP contribution in [0.2, 0.25) is 0 Å². The van der Waals surface area contributed by atoms with Crippen molar-refractivity contribution in [2.75, 3.05) is 6.54 Å². The normalized spacial score (nSPS) is 8.67. The lowest BCUT2D eigenvalue weighted by Crippen LogP contribution is -2.11. The highest BCUT2D eigenvalue weighted by Gasteiger charge is 1.96. The van der Waals surface area contributed by atoms with Gasteiger partial charge < -0.3 is 5.73 Å². The molecule has 0 heterocycles. The summed E-state index contributed by atoms with van der Waals surface area (Å²) in [4.78, 5) is 0. The van der Waals surface area contributed by atoms with Gasteiger partial charge in [0.25, 0.3) is 0 Å². The molecule has 0 unspecified atom stereocenters. The van der Waals surface area contributed by atoms with Crippen LogP contribution in [-0.4, -0.2) is 6.54 Å². The molecule has 2 N–H and O–H groups in total. The molecule has 0 bridgehead atoms. The van der Waals surface area contributed by atoms with E-state index in [4.69, 9.17) is 5.73 Å². The molecule has 1 nitrogen and oxygen atoms in total. The number of hydrogen-bond acceptors (Lipinski definition) is 1. The zero-order valence-corrected chi connectivity index (χ0v) is 7.28. The van der Waals surface area contributed by atoms with Crippen LogP contribution in [0.15, 0.2) is 0 Å². The van der Waals surface area contributed by atoms with Crippen LogP contribution >= 0.6 is 0 Å². The molecule has 0 rings (SSSR count). The van der Waals surface area contributed by atoms with Crippen molar-refractivity contribution >= 4 is 0 Å². The molecule has 0 fully saturated rings. The van der Waals surface area contributed by atoms with Crippen molar-refractivity contribution < 1.29 is 0 Å². The lowest BCUT2D eigenvalue weighted by molar-refractivity contribution is 0.505. The first-order valence-electron chi connectivity index (χ1n) is 4.05. The SMILES string of the molecule is CC.CCC(CC)CN. The second-order valence-electron chi connectivity index (χ2n) is 1.92. The first-order chi connectivity index (χ1) is 4.35. The molecule has 0 aliphatic rings. The van der Waals surface area contributed by atoms with Crippen LogP contribution in [0.3, 0.4) is 0 Å². The minimum absolute atomic E-state index is 0.764. The van der Waals surface area contributed by atoms with E-state index in [1.54, 1.807) is 0 Å². The summed E-state index contributed by atoms with van der Waals surface area (Å²) >= 11 is 0. The van der Waals surface area contributed by atoms with Gasteiger partial charge in [0.2, 0.25) is 0 Å². The Morgan fingerprint density at radius 2 is 1.44 bits per heavy atom. The molecule has 0 saturated carbocycles. The van der Waals surface area contributed by atoms with Crippen LogP contribution in [0.25, 0.3) is 0 Å². The van der Waals surface area contributed by atoms with Crippen LogP contribution in [0.5, 0.6) is 0 Å². The van der Waals surface area contributed by atoms with E-state index in [0.29, 0.717) is 0 Å². The standard InChI is InChI=1S/C6H15N.C2H6/c1-3-6(4-2)5-7;1-2/h6H,3-5,7H2,1-2H3;1-2H3. The third-order valence-electron chi connectivity index (χ3n) is 1.49. The molecule has 9 heavy (non-hydrogen) atoms. The number of rotatable bonds is 3. The monoisotopic (exact) mass is 131 g/mol. The van der Waals surface area contributed by atoms with Crippen molar-refractivity contribution in [3.63, 3.8) is 0 Å². The first-order valence-corrected chi connectivity index (χ1v) is 4.05. The van der Waals surface area contributed by atoms with Crippen molar-refractivity contribution in [3.05, 3.63) is 0 Å². The van der Waals surface area contributed by atoms with Gasteiger partial charge in [0.15, 0.2) is 0 Å². The van der Waals surface area contributed by atoms with Crippen LogP contribution in [-0.2, 0) is 0 Å². The summed E-state index contributed by atoms with van der Waals surface area (Å²) in [7, 11) is 0. The van der Waals surface area contributed by atoms with Gasteiger partial charge in [0.1, 0.15) is 0 Å². The van der Waals surface area contributed by atoms with E-state index in [-0.39, 0.29) is 0 Å². The second-order valence-corrected chi connectivity index (χ2v) is 1.92. The van der Waals surface area contributed by atoms with Crippen LogP contribution in [0, 0.1) is 5.92 Å². The first kappa shape index (κ1) is 11.7. The summed E-state index contributed by atoms with van der Waals surface area (Å²) in [6, 6.07) is 0. The van der Waals surface area contributed by atoms with Gasteiger partial charge in [-0.15, -0.1) is 0 Å². The van der Waals surface area contributed by atoms with E-state index in [9.17, 15) is 0 Å². The third-order valence-corrected chi connectivity index (χ3v) is 1.49. The van der Waals surface area contributed by atoms with E-state index < -0.39 is 0 Å². The highest BCUT2D eigenvalue weighted by molar-refractivity contribution is 4.52. The minimum atomic E-state index is 0.764. The van der Waals surface area contributed by atoms with E-state index in [2.05, 4.69) is 13.8 Å². The lowest BCUT2D eigenvalue weighted by atomic mass is 10.0. The maximum absolute atomic E-state index is 5.39. The van der Waals surface area contributed by atoms with Gasteiger partial charge in [0, 0.05) is 0 Å². The largest absolute Gasteiger partial charge is 0.330 e. The van der Waals surface area contributed by atoms with Gasteiger partial charge in [-0.05, 0) is 12.5 Å². The predicted molar refractivity (Wildman–Crippen MR) is 44.5 cm³/mol. The third kappa shape index (κ3) is 7.96. The average molecular weight is 131 g/mol. The molecule has 1 heteroatoms. The number of hydrogen-bond donors (Lipinski definition) is 1. The summed E-state index contributed by atoms with van der Waals surface area (Å²) in [5.74, 6) is 0.764. The maximum Gasteiger partial charge on any atom is -0.00491 e. The highest BCUT2D eigenvalue weighted by Crippen LogP contribution is 2.02. The quantitative estimate of drug-likeness (QED) is 0.625. The van der Waals surface area contributed by atoms with E-state index >= 15 is 0 Å². The molecular weight excluding hydrogens is 110 g/mol. The van der Waals surface area contributed by atoms with Crippen molar-refractivity contribution in [1.29, 1.82) is 0 Å². The Hall–Kier alpha value is -0.0400. The predicted octanol–water partition coefficient (Wildman–Crippen LogP) is 2.41. The molecule has 58 valence electrons. The molecule has 0 aromatic heterocycles. The second kappa shape index (κ2) is 10.9. The molecule has 0 radical (unpaired) electrons. The molecule has 0 amide bonds. The van der Waals surface area contributed by atoms with Gasteiger partial charge in [-0.1, -0.05) is 40.5 Å². The Balaban J connectivity index is 0. The summed E-state index contributed by atoms with van der Waals surface area (Å²) in [5.41, 5.74) is 5.39. The van der Waals surface area contributed by atoms with Crippen LogP contribution in [0.1, 0.15) is 40.5 Å². The highest BCUT2D eigenvalue weighted by atomic mass is 14.5. The Labute approximate surface area is 59.6 Å². The van der Waals surface area contributed by atoms with E-state index in [1.807, 2.05) is 13.8 Å². The van der Waals surface area contributed by atoms with Gasteiger partial charge in [-0.3, -0.25) is 0 Å². The molecule has 0 aromatic rings. The zero-order valence-electron chi connectivity index (χ0n) is 7.28. The van der Waals surface area contributed by atoms with Gasteiger partial charge in [-0.25, -0.2) is 0 Å². The summed E-state index contributed by atoms with van der Waals surface area (Å²) in [6.45, 7) is 9.22. The molecule has 0 aliphatic carbocycles. The van der Waals surface area contributed by atoms with Gasteiger partial charge in [-0.2, -0.15) is 0 Å². The van der Waals surface area contributed by atoms with E-state index in [0.717, 1.165) is 12.5 Å². The van der Waals surface area contributed by atoms with Crippen LogP contribution < -0.4 is 5.73 Å². The smallest absolute Gasteiger partial charge is 0.00491 e. The van der Waals surface area contributed by atoms with Crippen molar-refractivity contribution in [2.45, 2.75) is 40.5 Å². The Bertz CT molecular complexity index is 26.0. The molecule has 0 atom stereocenters. The van der Waals surface area contributed by atoms with Crippen molar-refractivity contribution in [1.82, 2.24) is 0 Å². The van der Waals surface area contributed by atoms with Gasteiger partial charge >= 0.3 is 0 Å². The fourth-order valence-corrected chi connectivity index (χ4v) is 0.622. The average Bonchev–Trinajstić information content (AvgIpc) is 1.96. The zero-order chi connectivity index (χ0) is 7.70. The number of nitrogens with two attached hydrogens (primary N) is 1. The minimum Gasteiger partial charge on any atom is -0.330 e. The molecule has 0 spiro atoms. The molecule has 0 saturated heterocycles. The fraction of sp³-hybridized carbons (Fsp3) is 1.00. The lowest BCUT2D eigenvalue weighted by Gasteiger charge is -2.05. The summed E-state index contributed by atoms with van der Waals surface area (Å²) in [5, 5.41) is 0. The van der Waals surface area contributed by atoms with Crippen LogP contribution in [0.4, 0.5) is 0 Å². The molecule has 0 aliphatic heterocycles.